The summed E-state index contributed by atoms with van der Waals surface area (Å²) in [5.41, 5.74) is 1.99. The van der Waals surface area contributed by atoms with Crippen LogP contribution in [0.3, 0.4) is 0 Å². The number of hydrogen-bond donors (Lipinski definition) is 1. The first kappa shape index (κ1) is 16.5. The van der Waals surface area contributed by atoms with Crippen LogP contribution in [0.15, 0.2) is 48.5 Å². The zero-order valence-electron chi connectivity index (χ0n) is 12.9. The molecule has 2 aliphatic rings. The van der Waals surface area contributed by atoms with Crippen molar-refractivity contribution < 1.29 is 4.79 Å². The Hall–Kier alpha value is -1.00. The first-order valence-electron chi connectivity index (χ1n) is 8.03. The third-order valence-corrected chi connectivity index (χ3v) is 6.85. The van der Waals surface area contributed by atoms with E-state index in [-0.39, 0.29) is 23.9 Å². The second-order valence-electron chi connectivity index (χ2n) is 6.32. The van der Waals surface area contributed by atoms with Crippen LogP contribution in [-0.4, -0.2) is 17.3 Å². The number of benzene rings is 2. The Morgan fingerprint density at radius 2 is 1.29 bits per heavy atom. The van der Waals surface area contributed by atoms with Crippen LogP contribution in [0.1, 0.15) is 23.2 Å². The average molecular weight is 378 g/mol. The third kappa shape index (κ3) is 2.78. The first-order chi connectivity index (χ1) is 11.7. The van der Waals surface area contributed by atoms with Gasteiger partial charge in [0.25, 0.3) is 0 Å². The van der Waals surface area contributed by atoms with Gasteiger partial charge in [-0.15, -0.1) is 0 Å². The Labute approximate surface area is 155 Å². The maximum absolute atomic E-state index is 13.1. The van der Waals surface area contributed by atoms with Crippen molar-refractivity contribution in [2.24, 2.45) is 11.8 Å². The molecule has 2 fully saturated rings. The van der Waals surface area contributed by atoms with Crippen LogP contribution in [0.5, 0.6) is 0 Å². The van der Waals surface area contributed by atoms with Crippen molar-refractivity contribution in [3.8, 4) is 0 Å². The minimum absolute atomic E-state index is 0.0348. The molecule has 4 atom stereocenters. The first-order valence-corrected chi connectivity index (χ1v) is 9.94. The molecule has 0 aliphatic carbocycles. The molecule has 0 aromatic heterocycles. The number of piperidine rings is 1. The predicted octanol–water partition coefficient (Wildman–Crippen LogP) is 4.93. The highest BCUT2D eigenvalue weighted by atomic mass is 35.5. The summed E-state index contributed by atoms with van der Waals surface area (Å²) in [6, 6.07) is 15.4. The van der Waals surface area contributed by atoms with E-state index in [0.717, 1.165) is 22.6 Å². The summed E-state index contributed by atoms with van der Waals surface area (Å²) in [5.74, 6) is 1.95. The van der Waals surface area contributed by atoms with Crippen molar-refractivity contribution in [1.29, 1.82) is 0 Å². The Bertz CT molecular complexity index is 720. The van der Waals surface area contributed by atoms with Crippen LogP contribution in [-0.2, 0) is 4.79 Å². The fourth-order valence-electron chi connectivity index (χ4n) is 3.78. The highest BCUT2D eigenvalue weighted by Crippen LogP contribution is 2.46. The number of carbonyl (C=O) groups excluding carboxylic acids is 1. The molecule has 5 heteroatoms. The molecule has 0 radical (unpaired) electrons. The second-order valence-corrected chi connectivity index (χ2v) is 8.21. The summed E-state index contributed by atoms with van der Waals surface area (Å²) < 4.78 is 0. The minimum atomic E-state index is -0.0727. The van der Waals surface area contributed by atoms with Gasteiger partial charge in [-0.3, -0.25) is 4.79 Å². The number of halogens is 2. The van der Waals surface area contributed by atoms with Gasteiger partial charge in [0.2, 0.25) is 0 Å². The van der Waals surface area contributed by atoms with Gasteiger partial charge in [-0.2, -0.15) is 11.8 Å². The summed E-state index contributed by atoms with van der Waals surface area (Å²) in [4.78, 5) is 13.1. The van der Waals surface area contributed by atoms with E-state index in [0.29, 0.717) is 15.8 Å². The number of hydrogen-bond acceptors (Lipinski definition) is 3. The second kappa shape index (κ2) is 6.72. The quantitative estimate of drug-likeness (QED) is 0.804. The molecule has 2 heterocycles. The molecular formula is C19H17Cl2NOS. The Kier molecular flexibility index (Phi) is 4.61. The lowest BCUT2D eigenvalue weighted by molar-refractivity contribution is -0.130. The molecule has 0 amide bonds. The van der Waals surface area contributed by atoms with Gasteiger partial charge < -0.3 is 5.32 Å². The van der Waals surface area contributed by atoms with Gasteiger partial charge >= 0.3 is 0 Å². The van der Waals surface area contributed by atoms with E-state index < -0.39 is 0 Å². The molecule has 0 saturated carbocycles. The number of ketones is 1. The molecule has 2 aliphatic heterocycles. The fraction of sp³-hybridized carbons (Fsp3) is 0.316. The number of fused-ring (bicyclic) bond motifs is 2. The summed E-state index contributed by atoms with van der Waals surface area (Å²) in [5, 5.41) is 5.10. The Morgan fingerprint density at radius 3 is 1.75 bits per heavy atom. The number of carbonyl (C=O) groups is 1. The topological polar surface area (TPSA) is 29.1 Å². The largest absolute Gasteiger partial charge is 0.302 e. The van der Waals surface area contributed by atoms with Gasteiger partial charge in [-0.05, 0) is 23.3 Å². The number of nitrogens with one attached hydrogen (secondary N) is 1. The number of rotatable bonds is 2. The van der Waals surface area contributed by atoms with Crippen LogP contribution in [0.25, 0.3) is 0 Å². The molecule has 4 rings (SSSR count). The van der Waals surface area contributed by atoms with Crippen molar-refractivity contribution in [3.05, 3.63) is 69.7 Å². The summed E-state index contributed by atoms with van der Waals surface area (Å²) in [6.07, 6.45) is 0. The van der Waals surface area contributed by atoms with Crippen molar-refractivity contribution in [2.45, 2.75) is 12.1 Å². The maximum Gasteiger partial charge on any atom is 0.144 e. The number of Topliss-reactive ketones (excluding diaryl/α,β-unsaturated/α-hetero) is 1. The van der Waals surface area contributed by atoms with E-state index >= 15 is 0 Å². The minimum Gasteiger partial charge on any atom is -0.302 e. The van der Waals surface area contributed by atoms with Gasteiger partial charge in [-0.1, -0.05) is 59.6 Å². The SMILES string of the molecule is O=C1C2CSCC1C(c1ccccc1Cl)NC2c1ccccc1Cl. The Balaban J connectivity index is 1.78. The smallest absolute Gasteiger partial charge is 0.144 e. The standard InChI is InChI=1S/C19H17Cl2NOS/c20-15-7-3-1-5-11(15)17-13-9-24-10-14(19(13)23)18(22-17)12-6-2-4-8-16(12)21/h1-8,13-14,17-18,22H,9-10H2. The normalized spacial score (nSPS) is 29.5. The highest BCUT2D eigenvalue weighted by molar-refractivity contribution is 7.99. The number of thioether (sulfide) groups is 1. The van der Waals surface area contributed by atoms with Crippen LogP contribution >= 0.6 is 35.0 Å². The van der Waals surface area contributed by atoms with Gasteiger partial charge in [0.05, 0.1) is 0 Å². The van der Waals surface area contributed by atoms with Gasteiger partial charge in [0.1, 0.15) is 5.78 Å². The molecular weight excluding hydrogens is 361 g/mol. The van der Waals surface area contributed by atoms with E-state index in [4.69, 9.17) is 23.2 Å². The van der Waals surface area contributed by atoms with Crippen LogP contribution in [0, 0.1) is 11.8 Å². The van der Waals surface area contributed by atoms with E-state index in [1.54, 1.807) is 0 Å². The molecule has 2 aromatic carbocycles. The van der Waals surface area contributed by atoms with E-state index in [1.807, 2.05) is 60.3 Å². The molecule has 1 N–H and O–H groups in total. The van der Waals surface area contributed by atoms with Crippen molar-refractivity contribution in [1.82, 2.24) is 5.32 Å². The molecule has 2 aromatic rings. The van der Waals surface area contributed by atoms with E-state index in [1.165, 1.54) is 0 Å². The van der Waals surface area contributed by atoms with Crippen molar-refractivity contribution in [3.63, 3.8) is 0 Å². The molecule has 2 bridgehead atoms. The van der Waals surface area contributed by atoms with Crippen LogP contribution in [0.2, 0.25) is 10.0 Å². The molecule has 2 nitrogen and oxygen atoms in total. The van der Waals surface area contributed by atoms with Crippen molar-refractivity contribution in [2.75, 3.05) is 11.5 Å². The molecule has 24 heavy (non-hydrogen) atoms. The summed E-state index contributed by atoms with van der Waals surface area (Å²) in [7, 11) is 0. The monoisotopic (exact) mass is 377 g/mol. The lowest BCUT2D eigenvalue weighted by Gasteiger charge is -2.45. The Morgan fingerprint density at radius 1 is 0.833 bits per heavy atom. The zero-order valence-corrected chi connectivity index (χ0v) is 15.2. The zero-order chi connectivity index (χ0) is 16.7. The summed E-state index contributed by atoms with van der Waals surface area (Å²) >= 11 is 14.7. The molecule has 0 spiro atoms. The molecule has 124 valence electrons. The van der Waals surface area contributed by atoms with E-state index in [2.05, 4.69) is 5.32 Å². The van der Waals surface area contributed by atoms with Gasteiger partial charge in [0, 0.05) is 45.5 Å². The fourth-order valence-corrected chi connectivity index (χ4v) is 5.64. The van der Waals surface area contributed by atoms with Crippen LogP contribution < -0.4 is 5.32 Å². The van der Waals surface area contributed by atoms with Crippen LogP contribution in [0.4, 0.5) is 0 Å². The predicted molar refractivity (Wildman–Crippen MR) is 101 cm³/mol. The third-order valence-electron chi connectivity index (χ3n) is 4.97. The van der Waals surface area contributed by atoms with Gasteiger partial charge in [-0.25, -0.2) is 0 Å². The summed E-state index contributed by atoms with van der Waals surface area (Å²) in [6.45, 7) is 0. The lowest BCUT2D eigenvalue weighted by atomic mass is 9.75. The average Bonchev–Trinajstić information content (AvgIpc) is 2.57. The van der Waals surface area contributed by atoms with Crippen molar-refractivity contribution >= 4 is 40.7 Å². The lowest BCUT2D eigenvalue weighted by Crippen LogP contribution is -2.52. The highest BCUT2D eigenvalue weighted by Gasteiger charge is 2.47. The molecule has 4 unspecified atom stereocenters. The molecule has 2 saturated heterocycles. The van der Waals surface area contributed by atoms with Gasteiger partial charge in [0.15, 0.2) is 0 Å². The van der Waals surface area contributed by atoms with E-state index in [9.17, 15) is 4.79 Å². The maximum atomic E-state index is 13.1.